The van der Waals surface area contributed by atoms with E-state index in [0.29, 0.717) is 0 Å². The fraction of sp³-hybridized carbons (Fsp3) is 0. The molecule has 23 heteroatoms. The second kappa shape index (κ2) is 14.3. The van der Waals surface area contributed by atoms with Gasteiger partial charge in [-0.25, -0.2) is 4.57 Å². The molecule has 0 aromatic heterocycles. The first-order valence-electron chi connectivity index (χ1n) is 3.67. The molecule has 0 aliphatic carbocycles. The van der Waals surface area contributed by atoms with Gasteiger partial charge < -0.3 is 53.2 Å². The Morgan fingerprint density at radius 2 is 0.739 bits per heavy atom. The Morgan fingerprint density at radius 3 is 0.739 bits per heavy atom. The maximum atomic E-state index is 10.4. The van der Waals surface area contributed by atoms with Crippen molar-refractivity contribution in [3.8, 4) is 0 Å². The van der Waals surface area contributed by atoms with Crippen LogP contribution < -0.4 is 18.9 Å². The summed E-state index contributed by atoms with van der Waals surface area (Å²) < 4.78 is 151. The van der Waals surface area contributed by atoms with Crippen LogP contribution in [0.15, 0.2) is 0 Å². The Hall–Kier alpha value is -0.0778. The van der Waals surface area contributed by atoms with Gasteiger partial charge in [0.2, 0.25) is 0 Å². The standard InChI is InChI=1S/3BF4.F2HO4P.Li.H/c3*2-1(3,4)5;1-5-7(3,4)6-2;;/h;;;(H,3,4);;/q3*-1;;+1;-1. The molecule has 4 nitrogen and oxygen atoms in total. The summed E-state index contributed by atoms with van der Waals surface area (Å²) in [6.45, 7) is 0. The number of rotatable bonds is 2. The van der Waals surface area contributed by atoms with Crippen molar-refractivity contribution in [2.45, 2.75) is 0 Å². The number of phosphoric acid groups is 1. The van der Waals surface area contributed by atoms with Crippen LogP contribution in [0.5, 0.6) is 0 Å². The summed E-state index contributed by atoms with van der Waals surface area (Å²) in [6, 6.07) is 0. The normalized spacial score (nSPS) is 11.4. The van der Waals surface area contributed by atoms with Gasteiger partial charge in [-0.3, -0.25) is 4.89 Å². The largest absolute Gasteiger partial charge is 1.00 e. The van der Waals surface area contributed by atoms with Crippen LogP contribution in [0.25, 0.3) is 0 Å². The van der Waals surface area contributed by atoms with Gasteiger partial charge in [0.25, 0.3) is 0 Å². The first-order chi connectivity index (χ1) is 9.12. The summed E-state index contributed by atoms with van der Waals surface area (Å²) in [5.74, 6) is 0. The third-order valence-corrected chi connectivity index (χ3v) is 0.523. The minimum Gasteiger partial charge on any atom is -1.00 e. The number of halogens is 14. The molecule has 0 unspecified atom stereocenters. The number of hydrogen-bond donors (Lipinski definition) is 1. The molecule has 0 aromatic rings. The van der Waals surface area contributed by atoms with E-state index in [1.807, 2.05) is 0 Å². The van der Waals surface area contributed by atoms with Crippen molar-refractivity contribution in [3.05, 3.63) is 0 Å². The van der Waals surface area contributed by atoms with Gasteiger partial charge >= 0.3 is 48.4 Å². The zero-order valence-electron chi connectivity index (χ0n) is 11.1. The summed E-state index contributed by atoms with van der Waals surface area (Å²) in [6.07, 6.45) is 0. The molecule has 0 bridgehead atoms. The van der Waals surface area contributed by atoms with Crippen LogP contribution in [0, 0.1) is 0 Å². The van der Waals surface area contributed by atoms with Gasteiger partial charge in [0.1, 0.15) is 0 Å². The van der Waals surface area contributed by atoms with Crippen molar-refractivity contribution < 1.29 is 100 Å². The Balaban J connectivity index is -0.0000000443. The summed E-state index contributed by atoms with van der Waals surface area (Å²) in [5.41, 5.74) is 0. The molecular formula is H2B3F14LiO4P-3. The average molecular weight is 402 g/mol. The smallest absolute Gasteiger partial charge is 1.00 e. The second-order valence-corrected chi connectivity index (χ2v) is 3.30. The Labute approximate surface area is 130 Å². The monoisotopic (exact) mass is 403 g/mol. The van der Waals surface area contributed by atoms with Gasteiger partial charge in [-0.2, -0.15) is 0 Å². The molecule has 0 saturated carbocycles. The molecule has 0 aliphatic rings. The van der Waals surface area contributed by atoms with Crippen LogP contribution in [0.1, 0.15) is 1.43 Å². The Morgan fingerprint density at radius 1 is 0.652 bits per heavy atom. The first kappa shape index (κ1) is 34.3. The van der Waals surface area contributed by atoms with Gasteiger partial charge in [0.05, 0.1) is 0 Å². The quantitative estimate of drug-likeness (QED) is 0.436. The molecule has 0 fully saturated rings. The zero-order valence-corrected chi connectivity index (χ0v) is 11.0. The fourth-order valence-electron chi connectivity index (χ4n) is 0.0106. The van der Waals surface area contributed by atoms with E-state index in [4.69, 9.17) is 4.89 Å². The molecule has 0 atom stereocenters. The predicted octanol–water partition coefficient (Wildman–Crippen LogP) is 1.91. The van der Waals surface area contributed by atoms with E-state index in [-0.39, 0.29) is 20.3 Å². The van der Waals surface area contributed by atoms with Crippen molar-refractivity contribution >= 4 is 29.6 Å². The van der Waals surface area contributed by atoms with Crippen molar-refractivity contribution in [1.82, 2.24) is 0 Å². The average Bonchev–Trinajstić information content (AvgIpc) is 2.09. The van der Waals surface area contributed by atoms with Crippen LogP contribution in [-0.2, 0) is 14.0 Å². The molecule has 0 radical (unpaired) electrons. The van der Waals surface area contributed by atoms with Crippen LogP contribution in [0.3, 0.4) is 0 Å². The first-order valence-corrected chi connectivity index (χ1v) is 5.17. The Kier molecular flexibility index (Phi) is 21.3. The predicted molar refractivity (Wildman–Crippen MR) is 45.9 cm³/mol. The van der Waals surface area contributed by atoms with E-state index in [1.54, 1.807) is 0 Å². The maximum Gasteiger partial charge on any atom is 1.00 e. The van der Waals surface area contributed by atoms with E-state index >= 15 is 0 Å². The van der Waals surface area contributed by atoms with Crippen LogP contribution in [0.2, 0.25) is 0 Å². The molecule has 0 rings (SSSR count). The molecule has 0 aliphatic heterocycles. The summed E-state index contributed by atoms with van der Waals surface area (Å²) in [4.78, 5) is 7.49. The van der Waals surface area contributed by atoms with Gasteiger partial charge in [-0.05, 0) is 9.05 Å². The topological polar surface area (TPSA) is 55.8 Å². The van der Waals surface area contributed by atoms with E-state index in [9.17, 15) is 65.4 Å². The van der Waals surface area contributed by atoms with Crippen molar-refractivity contribution in [3.63, 3.8) is 0 Å². The van der Waals surface area contributed by atoms with Crippen molar-refractivity contribution in [2.24, 2.45) is 0 Å². The molecule has 1 N–H and O–H groups in total. The summed E-state index contributed by atoms with van der Waals surface area (Å²) in [5, 5.41) is 0. The molecule has 0 saturated heterocycles. The van der Waals surface area contributed by atoms with Crippen molar-refractivity contribution in [2.75, 3.05) is 0 Å². The van der Waals surface area contributed by atoms with Gasteiger partial charge in [0.15, 0.2) is 0 Å². The van der Waals surface area contributed by atoms with Gasteiger partial charge in [-0.1, -0.05) is 9.46 Å². The maximum absolute atomic E-state index is 10.4. The second-order valence-electron chi connectivity index (χ2n) is 2.09. The summed E-state index contributed by atoms with van der Waals surface area (Å²) >= 11 is 0. The number of hydrogen-bond acceptors (Lipinski definition) is 3. The van der Waals surface area contributed by atoms with Gasteiger partial charge in [-0.15, -0.1) is 0 Å². The van der Waals surface area contributed by atoms with Crippen molar-refractivity contribution in [1.29, 1.82) is 0 Å². The molecule has 142 valence electrons. The molecule has 0 heterocycles. The molecule has 0 aromatic carbocycles. The van der Waals surface area contributed by atoms with Crippen LogP contribution in [-0.4, -0.2) is 26.7 Å². The van der Waals surface area contributed by atoms with Crippen LogP contribution in [0.4, 0.5) is 60.8 Å². The SMILES string of the molecule is F[B-](F)(F)F.F[B-](F)(F)F.F[B-](F)(F)F.O=P(O)(OF)OF.[H-].[Li+]. The fourth-order valence-corrected chi connectivity index (χ4v) is 0.0319. The van der Waals surface area contributed by atoms with Crippen LogP contribution >= 0.6 is 7.82 Å². The van der Waals surface area contributed by atoms with E-state index in [2.05, 4.69) is 9.46 Å². The van der Waals surface area contributed by atoms with E-state index in [1.165, 1.54) is 0 Å². The van der Waals surface area contributed by atoms with E-state index in [0.717, 1.165) is 0 Å². The minimum absolute atomic E-state index is 0. The minimum atomic E-state index is -6.00. The molecular weight excluding hydrogens is 400 g/mol. The molecule has 23 heavy (non-hydrogen) atoms. The third kappa shape index (κ3) is 248. The van der Waals surface area contributed by atoms with Gasteiger partial charge in [0, 0.05) is 0 Å². The van der Waals surface area contributed by atoms with E-state index < -0.39 is 29.6 Å². The molecule has 0 spiro atoms. The Bertz CT molecular complexity index is 249. The molecule has 0 amide bonds. The zero-order chi connectivity index (χ0) is 19.4. The summed E-state index contributed by atoms with van der Waals surface area (Å²) in [7, 11) is -23.0. The third-order valence-electron chi connectivity index (χ3n) is 0.174.